The van der Waals surface area contributed by atoms with E-state index in [0.717, 1.165) is 89.3 Å². The molecule has 0 bridgehead atoms. The van der Waals surface area contributed by atoms with E-state index in [1.165, 1.54) is 11.1 Å². The third-order valence-electron chi connectivity index (χ3n) is 13.7. The smallest absolute Gasteiger partial charge is 0.144 e. The van der Waals surface area contributed by atoms with Crippen molar-refractivity contribution in [3.8, 4) is 62.2 Å². The molecule has 0 atom stereocenters. The summed E-state index contributed by atoms with van der Waals surface area (Å²) in [5.74, 6) is 2.43. The standard InChI is InChI=1S/C65H52N7.Pt/c1-64(2,3)48-34-31-45(32-35-48)61-67-62(69-63(68-61)47-33-36-54-53-25-13-14-28-55(53)72(58(54)40-47)59-41-49(37-38-66-59)65(4,5)6)46-23-17-24-50(39-46)70-42-71(57-30-16-15-29-56(57)70)60-51(43-19-9-7-10-20-43)26-18-27-52(60)44-21-11-8-12-22-44;/h7-38,41-42H,1-6H3;/q-3;. The molecular weight excluding hydrogens is 1070 g/mol. The molecule has 1 aliphatic rings. The van der Waals surface area contributed by atoms with Crippen LogP contribution in [0.25, 0.3) is 84.0 Å². The van der Waals surface area contributed by atoms with E-state index in [4.69, 9.17) is 19.9 Å². The summed E-state index contributed by atoms with van der Waals surface area (Å²) < 4.78 is 2.21. The van der Waals surface area contributed by atoms with Crippen LogP contribution < -0.4 is 9.80 Å². The summed E-state index contributed by atoms with van der Waals surface area (Å²) in [5, 5.41) is 2.20. The fourth-order valence-electron chi connectivity index (χ4n) is 9.85. The van der Waals surface area contributed by atoms with Crippen LogP contribution in [0.1, 0.15) is 52.7 Å². The van der Waals surface area contributed by atoms with Crippen molar-refractivity contribution < 1.29 is 21.1 Å². The fraction of sp³-hybridized carbons (Fsp3) is 0.123. The van der Waals surface area contributed by atoms with Crippen molar-refractivity contribution in [1.29, 1.82) is 0 Å². The van der Waals surface area contributed by atoms with Crippen LogP contribution in [0, 0.1) is 18.8 Å². The number of fused-ring (bicyclic) bond motifs is 4. The quantitative estimate of drug-likeness (QED) is 0.141. The monoisotopic (exact) mass is 1130 g/mol. The molecule has 4 heterocycles. The topological polar surface area (TPSA) is 63.0 Å². The third-order valence-corrected chi connectivity index (χ3v) is 13.7. The van der Waals surface area contributed by atoms with Crippen LogP contribution in [0.3, 0.4) is 0 Å². The molecule has 360 valence electrons. The number of para-hydroxylation sites is 4. The normalized spacial score (nSPS) is 12.6. The molecule has 8 aromatic carbocycles. The number of rotatable bonds is 8. The molecule has 7 nitrogen and oxygen atoms in total. The molecule has 8 heteroatoms. The maximum atomic E-state index is 5.28. The molecule has 0 N–H and O–H groups in total. The molecule has 0 aliphatic carbocycles. The van der Waals surface area contributed by atoms with E-state index in [1.54, 1.807) is 0 Å². The summed E-state index contributed by atoms with van der Waals surface area (Å²) in [6, 6.07) is 75.7. The van der Waals surface area contributed by atoms with E-state index in [1.807, 2.05) is 12.3 Å². The molecule has 11 aromatic rings. The average Bonchev–Trinajstić information content (AvgIpc) is 3.97. The first-order valence-electron chi connectivity index (χ1n) is 24.6. The Balaban J connectivity index is 0.00000574. The van der Waals surface area contributed by atoms with Crippen molar-refractivity contribution in [2.75, 3.05) is 9.80 Å². The van der Waals surface area contributed by atoms with Gasteiger partial charge < -0.3 is 19.4 Å². The van der Waals surface area contributed by atoms with E-state index >= 15 is 0 Å². The zero-order chi connectivity index (χ0) is 49.1. The van der Waals surface area contributed by atoms with Gasteiger partial charge in [-0.1, -0.05) is 186 Å². The molecule has 0 radical (unpaired) electrons. The summed E-state index contributed by atoms with van der Waals surface area (Å²) in [7, 11) is 0. The molecular formula is C65H52N7Pt-3. The SMILES string of the molecule is CC(C)(C)c1ccc(-c2nc(-c3[c-]c(N4[CH-]N(c5c(-c6ccccc6)cccc5-c5ccccc5)c5ccccc54)ccc3)nc(-c3[c-]c4c(cc3)c3ccccc3n4-c3cc(C(C)(C)C)ccn3)n2)cc1.[Pt]. The number of aromatic nitrogens is 5. The van der Waals surface area contributed by atoms with Crippen molar-refractivity contribution in [1.82, 2.24) is 24.5 Å². The van der Waals surface area contributed by atoms with Gasteiger partial charge in [-0.25, -0.2) is 4.98 Å². The van der Waals surface area contributed by atoms with Crippen molar-refractivity contribution in [3.63, 3.8) is 0 Å². The second-order valence-corrected chi connectivity index (χ2v) is 20.5. The van der Waals surface area contributed by atoms with Gasteiger partial charge >= 0.3 is 0 Å². The first-order chi connectivity index (χ1) is 35.0. The summed E-state index contributed by atoms with van der Waals surface area (Å²) in [6.07, 6.45) is 1.90. The Morgan fingerprint density at radius 3 is 1.68 bits per heavy atom. The van der Waals surface area contributed by atoms with Crippen molar-refractivity contribution >= 4 is 44.6 Å². The molecule has 0 saturated heterocycles. The molecule has 0 unspecified atom stereocenters. The number of hydrogen-bond donors (Lipinski definition) is 0. The summed E-state index contributed by atoms with van der Waals surface area (Å²) >= 11 is 0. The molecule has 12 rings (SSSR count). The maximum absolute atomic E-state index is 5.28. The van der Waals surface area contributed by atoms with Gasteiger partial charge in [0, 0.05) is 66.5 Å². The van der Waals surface area contributed by atoms with Gasteiger partial charge in [0.15, 0.2) is 0 Å². The number of anilines is 4. The largest absolute Gasteiger partial charge is 0.488 e. The predicted octanol–water partition coefficient (Wildman–Crippen LogP) is 16.3. The van der Waals surface area contributed by atoms with Crippen LogP contribution in [0.15, 0.2) is 200 Å². The van der Waals surface area contributed by atoms with Crippen LogP contribution in [0.5, 0.6) is 0 Å². The molecule has 0 fully saturated rings. The van der Waals surface area contributed by atoms with Crippen molar-refractivity contribution in [3.05, 3.63) is 230 Å². The Labute approximate surface area is 442 Å². The van der Waals surface area contributed by atoms with E-state index in [9.17, 15) is 0 Å². The number of nitrogens with zero attached hydrogens (tertiary/aromatic N) is 7. The predicted molar refractivity (Wildman–Crippen MR) is 296 cm³/mol. The van der Waals surface area contributed by atoms with Gasteiger partial charge in [-0.2, -0.15) is 0 Å². The van der Waals surface area contributed by atoms with Gasteiger partial charge in [0.1, 0.15) is 11.6 Å². The molecule has 0 amide bonds. The Kier molecular flexibility index (Phi) is 12.2. The van der Waals surface area contributed by atoms with Gasteiger partial charge in [-0.3, -0.25) is 9.97 Å². The molecule has 3 aromatic heterocycles. The summed E-state index contributed by atoms with van der Waals surface area (Å²) in [5.41, 5.74) is 15.3. The van der Waals surface area contributed by atoms with E-state index < -0.39 is 0 Å². The van der Waals surface area contributed by atoms with Crippen molar-refractivity contribution in [2.45, 2.75) is 52.4 Å². The van der Waals surface area contributed by atoms with Crippen molar-refractivity contribution in [2.24, 2.45) is 0 Å². The second kappa shape index (κ2) is 18.9. The molecule has 73 heavy (non-hydrogen) atoms. The zero-order valence-electron chi connectivity index (χ0n) is 41.6. The van der Waals surface area contributed by atoms with E-state index in [-0.39, 0.29) is 31.9 Å². The molecule has 0 spiro atoms. The number of hydrogen-bond acceptors (Lipinski definition) is 6. The minimum atomic E-state index is -0.0579. The molecule has 1 aliphatic heterocycles. The number of pyridine rings is 1. The summed E-state index contributed by atoms with van der Waals surface area (Å²) in [6.45, 7) is 15.6. The second-order valence-electron chi connectivity index (χ2n) is 20.5. The Morgan fingerprint density at radius 1 is 0.452 bits per heavy atom. The fourth-order valence-corrected chi connectivity index (χ4v) is 9.85. The van der Waals surface area contributed by atoms with Gasteiger partial charge in [-0.05, 0) is 74.3 Å². The molecule has 0 saturated carbocycles. The van der Waals surface area contributed by atoms with Crippen LogP contribution in [-0.4, -0.2) is 24.5 Å². The van der Waals surface area contributed by atoms with E-state index in [0.29, 0.717) is 17.5 Å². The van der Waals surface area contributed by atoms with Crippen LogP contribution in [-0.2, 0) is 31.9 Å². The van der Waals surface area contributed by atoms with Gasteiger partial charge in [0.2, 0.25) is 0 Å². The first-order valence-corrected chi connectivity index (χ1v) is 24.6. The minimum absolute atomic E-state index is 0. The Hall–Kier alpha value is -7.99. The first kappa shape index (κ1) is 47.3. The van der Waals surface area contributed by atoms with Gasteiger partial charge in [0.25, 0.3) is 0 Å². The Bertz CT molecular complexity index is 3760. The Morgan fingerprint density at radius 2 is 1.03 bits per heavy atom. The third kappa shape index (κ3) is 8.82. The number of benzene rings is 8. The maximum Gasteiger partial charge on any atom is 0.144 e. The zero-order valence-corrected chi connectivity index (χ0v) is 43.8. The summed E-state index contributed by atoms with van der Waals surface area (Å²) in [4.78, 5) is 25.2. The van der Waals surface area contributed by atoms with Gasteiger partial charge in [0.05, 0.1) is 11.6 Å². The average molecular weight is 1130 g/mol. The van der Waals surface area contributed by atoms with E-state index in [2.05, 4.69) is 263 Å². The van der Waals surface area contributed by atoms with Gasteiger partial charge in [-0.15, -0.1) is 60.3 Å². The van der Waals surface area contributed by atoms with Crippen LogP contribution in [0.2, 0.25) is 0 Å². The minimum Gasteiger partial charge on any atom is -0.488 e. The van der Waals surface area contributed by atoms with Crippen LogP contribution in [0.4, 0.5) is 22.7 Å². The van der Waals surface area contributed by atoms with Crippen LogP contribution >= 0.6 is 0 Å².